The van der Waals surface area contributed by atoms with E-state index in [-0.39, 0.29) is 49.2 Å². The van der Waals surface area contributed by atoms with Gasteiger partial charge in [-0.2, -0.15) is 0 Å². The lowest BCUT2D eigenvalue weighted by Crippen LogP contribution is -2.65. The highest BCUT2D eigenvalue weighted by Gasteiger charge is 2.68. The maximum atomic E-state index is 14.7. The molecule has 2 aromatic rings. The van der Waals surface area contributed by atoms with Crippen molar-refractivity contribution in [1.82, 2.24) is 42.5 Å². The number of esters is 2. The van der Waals surface area contributed by atoms with Gasteiger partial charge in [0.05, 0.1) is 43.8 Å². The monoisotopic (exact) mass is 1300 g/mol. The predicted molar refractivity (Wildman–Crippen MR) is 351 cm³/mol. The molecule has 1 heterocycles. The van der Waals surface area contributed by atoms with Gasteiger partial charge in [-0.1, -0.05) is 90.3 Å². The van der Waals surface area contributed by atoms with Crippen molar-refractivity contribution in [1.29, 1.82) is 0 Å². The second-order valence-electron chi connectivity index (χ2n) is 27.7. The second-order valence-corrected chi connectivity index (χ2v) is 27.7. The summed E-state index contributed by atoms with van der Waals surface area (Å²) in [6, 6.07) is 7.49. The first-order valence-electron chi connectivity index (χ1n) is 33.4. The standard InChI is InChI=1S/C68H105BN8O16/c1-15-18-23-44-25-27-45(28-26-44)46-29-31-47(32-30-46)58(81)77-52(41-71-64(87)91-66(9,10)11)61(84)76-50(33-34-55(78)74-51(62(85)89-37-20-17-3)40-56(79)88-36-19-16-2)59(82)72-42(4)57(80)75-49(24-21-22-35-70-63(86)90-65(6,7)8)60(83)73-43(5)69-92-54-39-48-38-53(67(48,12)13)68(54,14)93-69/h25-32,42-43,48-54H,15-24,33-41H2,1-14H3,(H,70,86)(H,71,87)(H,72,82)(H,73,83)(H,74,78)(H,75,80)(H,76,84)(H,77,81)/t42-,43-,48-,49-,50-,51+,52-,53-,54?,68-/m0/s1. The highest BCUT2D eigenvalue weighted by molar-refractivity contribution is 6.47. The lowest BCUT2D eigenvalue weighted by molar-refractivity contribution is -0.199. The molecule has 10 atom stereocenters. The number of carbonyl (C=O) groups is 10. The molecule has 4 fully saturated rings. The van der Waals surface area contributed by atoms with Crippen LogP contribution in [0.15, 0.2) is 48.5 Å². The molecule has 3 aliphatic carbocycles. The van der Waals surface area contributed by atoms with E-state index < -0.39 is 145 Å². The minimum Gasteiger partial charge on any atom is -0.466 e. The highest BCUT2D eigenvalue weighted by Crippen LogP contribution is 2.65. The Morgan fingerprint density at radius 3 is 1.76 bits per heavy atom. The van der Waals surface area contributed by atoms with Gasteiger partial charge in [0.1, 0.15) is 41.4 Å². The van der Waals surface area contributed by atoms with Gasteiger partial charge in [0, 0.05) is 18.5 Å². The summed E-state index contributed by atoms with van der Waals surface area (Å²) in [5, 5.41) is 21.3. The molecule has 1 unspecified atom stereocenters. The van der Waals surface area contributed by atoms with Crippen LogP contribution >= 0.6 is 0 Å². The topological polar surface area (TPSA) is 322 Å². The molecule has 8 amide bonds. The molecule has 0 radical (unpaired) electrons. The Kier molecular flexibility index (Phi) is 29.0. The van der Waals surface area contributed by atoms with Gasteiger partial charge < -0.3 is 70.8 Å². The molecule has 93 heavy (non-hydrogen) atoms. The van der Waals surface area contributed by atoms with E-state index in [2.05, 4.69) is 82.4 Å². The Morgan fingerprint density at radius 1 is 0.602 bits per heavy atom. The third-order valence-corrected chi connectivity index (χ3v) is 17.2. The quantitative estimate of drug-likeness (QED) is 0.0142. The number of amides is 8. The van der Waals surface area contributed by atoms with Crippen molar-refractivity contribution < 1.29 is 76.2 Å². The van der Waals surface area contributed by atoms with E-state index in [0.717, 1.165) is 49.7 Å². The summed E-state index contributed by atoms with van der Waals surface area (Å²) in [6.45, 7) is 25.5. The van der Waals surface area contributed by atoms with Crippen molar-refractivity contribution in [2.24, 2.45) is 17.3 Å². The molecule has 6 rings (SSSR count). The van der Waals surface area contributed by atoms with Crippen LogP contribution in [0.5, 0.6) is 0 Å². The maximum Gasteiger partial charge on any atom is 0.481 e. The summed E-state index contributed by atoms with van der Waals surface area (Å²) in [4.78, 5) is 138. The van der Waals surface area contributed by atoms with E-state index in [1.807, 2.05) is 26.0 Å². The first-order valence-corrected chi connectivity index (χ1v) is 33.4. The van der Waals surface area contributed by atoms with Gasteiger partial charge in [-0.25, -0.2) is 14.4 Å². The predicted octanol–water partition coefficient (Wildman–Crippen LogP) is 7.60. The van der Waals surface area contributed by atoms with Crippen LogP contribution in [0.1, 0.15) is 203 Å². The van der Waals surface area contributed by atoms with Crippen LogP contribution in [0.4, 0.5) is 9.59 Å². The van der Waals surface area contributed by atoms with E-state index in [1.54, 1.807) is 72.7 Å². The van der Waals surface area contributed by atoms with Gasteiger partial charge in [0.25, 0.3) is 5.91 Å². The van der Waals surface area contributed by atoms with Crippen LogP contribution < -0.4 is 42.5 Å². The van der Waals surface area contributed by atoms with E-state index in [1.165, 1.54) is 12.5 Å². The number of unbranched alkanes of at least 4 members (excludes halogenated alkanes) is 4. The normalized spacial score (nSPS) is 19.8. The molecular weight excluding hydrogens is 1200 g/mol. The molecule has 1 saturated heterocycles. The lowest BCUT2D eigenvalue weighted by Gasteiger charge is -2.64. The third kappa shape index (κ3) is 23.9. The highest BCUT2D eigenvalue weighted by atomic mass is 16.7. The van der Waals surface area contributed by atoms with Crippen molar-refractivity contribution in [3.63, 3.8) is 0 Å². The zero-order valence-corrected chi connectivity index (χ0v) is 57.4. The molecule has 25 heteroatoms. The SMILES string of the molecule is CCCCOC(=O)C[C@@H](NC(=O)CC[C@H](NC(=O)[C@H](CNC(=O)OC(C)(C)C)NC(=O)c1ccc(-c2ccc(CCCC)cc2)cc1)C(=O)N[C@@H](C)C(=O)N[C@@H](CCCCNC(=O)OC(C)(C)C)C(=O)N[C@@H](C)B1OC2C[C@@H]3C[C@@H](C3(C)C)[C@]2(C)O1)C(=O)OCCCC. The molecule has 0 aromatic heterocycles. The molecule has 8 N–H and O–H groups in total. The summed E-state index contributed by atoms with van der Waals surface area (Å²) < 4.78 is 34.5. The zero-order chi connectivity index (χ0) is 68.8. The fourth-order valence-electron chi connectivity index (χ4n) is 11.7. The van der Waals surface area contributed by atoms with E-state index in [9.17, 15) is 47.9 Å². The van der Waals surface area contributed by atoms with Gasteiger partial charge in [0.15, 0.2) is 0 Å². The van der Waals surface area contributed by atoms with Crippen LogP contribution in [0.25, 0.3) is 11.1 Å². The first-order chi connectivity index (χ1) is 43.8. The van der Waals surface area contributed by atoms with Crippen molar-refractivity contribution in [3.8, 4) is 11.1 Å². The summed E-state index contributed by atoms with van der Waals surface area (Å²) >= 11 is 0. The minimum atomic E-state index is -1.66. The number of hydrogen-bond donors (Lipinski definition) is 8. The Hall–Kier alpha value is -7.28. The van der Waals surface area contributed by atoms with E-state index >= 15 is 0 Å². The van der Waals surface area contributed by atoms with Gasteiger partial charge >= 0.3 is 31.2 Å². The number of hydrogen-bond acceptors (Lipinski definition) is 16. The van der Waals surface area contributed by atoms with E-state index in [0.29, 0.717) is 38.0 Å². The van der Waals surface area contributed by atoms with Crippen LogP contribution in [-0.2, 0) is 68.2 Å². The minimum absolute atomic E-state index is 0.0214. The molecule has 0 spiro atoms. The Balaban J connectivity index is 1.39. The maximum absolute atomic E-state index is 14.7. The smallest absolute Gasteiger partial charge is 0.466 e. The molecule has 4 aliphatic rings. The second kappa shape index (κ2) is 35.3. The Morgan fingerprint density at radius 2 is 1.16 bits per heavy atom. The average molecular weight is 1300 g/mol. The zero-order valence-electron chi connectivity index (χ0n) is 57.4. The molecule has 2 bridgehead atoms. The Labute approximate surface area is 549 Å². The first kappa shape index (κ1) is 76.4. The van der Waals surface area contributed by atoms with Crippen LogP contribution in [-0.4, -0.2) is 152 Å². The number of alkyl carbamates (subject to hydrolysis) is 2. The Bertz CT molecular complexity index is 2860. The van der Waals surface area contributed by atoms with Crippen LogP contribution in [0.2, 0.25) is 0 Å². The van der Waals surface area contributed by atoms with Crippen LogP contribution in [0, 0.1) is 17.3 Å². The number of ether oxygens (including phenoxy) is 4. The number of aryl methyl sites for hydroxylation is 1. The van der Waals surface area contributed by atoms with Crippen molar-refractivity contribution >= 4 is 66.7 Å². The third-order valence-electron chi connectivity index (χ3n) is 17.2. The number of nitrogens with one attached hydrogen (secondary N) is 8. The fourth-order valence-corrected chi connectivity index (χ4v) is 11.7. The molecular formula is C68H105BN8O16. The largest absolute Gasteiger partial charge is 0.481 e. The summed E-state index contributed by atoms with van der Waals surface area (Å²) in [5.41, 5.74) is 0.958. The lowest BCUT2D eigenvalue weighted by atomic mass is 9.43. The van der Waals surface area contributed by atoms with Crippen molar-refractivity contribution in [3.05, 3.63) is 59.7 Å². The van der Waals surface area contributed by atoms with Gasteiger partial charge in [0.2, 0.25) is 29.5 Å². The number of benzene rings is 2. The summed E-state index contributed by atoms with van der Waals surface area (Å²) in [5.74, 6) is -6.46. The number of carbonyl (C=O) groups excluding carboxylic acids is 10. The number of rotatable bonds is 35. The van der Waals surface area contributed by atoms with Gasteiger partial charge in [-0.3, -0.25) is 33.6 Å². The van der Waals surface area contributed by atoms with Gasteiger partial charge in [-0.15, -0.1) is 0 Å². The molecule has 516 valence electrons. The summed E-state index contributed by atoms with van der Waals surface area (Å²) in [6.07, 6.45) is 4.98. The summed E-state index contributed by atoms with van der Waals surface area (Å²) in [7, 11) is -0.783. The molecule has 3 saturated carbocycles. The molecule has 1 aliphatic heterocycles. The average Bonchev–Trinajstić information content (AvgIpc) is 1.67. The van der Waals surface area contributed by atoms with E-state index in [4.69, 9.17) is 28.3 Å². The molecule has 24 nitrogen and oxygen atoms in total. The van der Waals surface area contributed by atoms with Gasteiger partial charge in [-0.05, 0) is 173 Å². The van der Waals surface area contributed by atoms with Crippen LogP contribution in [0.3, 0.4) is 0 Å². The van der Waals surface area contributed by atoms with Crippen molar-refractivity contribution in [2.75, 3.05) is 26.3 Å². The van der Waals surface area contributed by atoms with Crippen molar-refractivity contribution in [2.45, 2.75) is 252 Å². The molecule has 2 aromatic carbocycles. The fraction of sp³-hybridized carbons (Fsp3) is 0.676.